The topological polar surface area (TPSA) is 58.4 Å². The second-order valence-electron chi connectivity index (χ2n) is 7.61. The number of fused-ring (bicyclic) bond motifs is 2. The average Bonchev–Trinajstić information content (AvgIpc) is 3.44. The molecule has 0 saturated carbocycles. The van der Waals surface area contributed by atoms with Crippen LogP contribution >= 0.6 is 0 Å². The molecule has 1 aliphatic heterocycles. The number of hydrogen-bond acceptors (Lipinski definition) is 5. The van der Waals surface area contributed by atoms with Crippen LogP contribution in [-0.2, 0) is 0 Å². The standard InChI is InChI=1S/C24H19N3O2/c28-23-16-10-4-5-11-17(16)24-21-20(23)18(25-15-8-2-1-3-9-15)14-19(22(21)26-29-24)27-12-6-7-13-27/h1-5,8-11,14,25H,6-7,12-13H2. The summed E-state index contributed by atoms with van der Waals surface area (Å²) in [6, 6.07) is 19.6. The van der Waals surface area contributed by atoms with Crippen molar-refractivity contribution >= 4 is 33.7 Å². The molecule has 0 spiro atoms. The number of para-hydroxylation sites is 1. The molecule has 1 aliphatic carbocycles. The summed E-state index contributed by atoms with van der Waals surface area (Å²) in [5.41, 5.74) is 5.66. The summed E-state index contributed by atoms with van der Waals surface area (Å²) >= 11 is 0. The lowest BCUT2D eigenvalue weighted by Crippen LogP contribution is -2.19. The lowest BCUT2D eigenvalue weighted by atomic mass is 9.86. The smallest absolute Gasteiger partial charge is 0.196 e. The van der Waals surface area contributed by atoms with Gasteiger partial charge in [-0.15, -0.1) is 0 Å². The first kappa shape index (κ1) is 16.4. The molecule has 1 saturated heterocycles. The summed E-state index contributed by atoms with van der Waals surface area (Å²) in [6.07, 6.45) is 2.33. The van der Waals surface area contributed by atoms with Gasteiger partial charge in [0.1, 0.15) is 5.52 Å². The van der Waals surface area contributed by atoms with Crippen molar-refractivity contribution in [1.82, 2.24) is 5.16 Å². The van der Waals surface area contributed by atoms with Crippen LogP contribution in [0.25, 0.3) is 22.2 Å². The van der Waals surface area contributed by atoms with Crippen molar-refractivity contribution in [1.29, 1.82) is 0 Å². The van der Waals surface area contributed by atoms with Crippen molar-refractivity contribution < 1.29 is 9.32 Å². The molecule has 1 N–H and O–H groups in total. The number of nitrogens with zero attached hydrogens (tertiary/aromatic N) is 2. The fourth-order valence-electron chi connectivity index (χ4n) is 4.52. The zero-order valence-electron chi connectivity index (χ0n) is 15.8. The monoisotopic (exact) mass is 381 g/mol. The fraction of sp³-hybridized carbons (Fsp3) is 0.167. The van der Waals surface area contributed by atoms with Gasteiger partial charge in [-0.25, -0.2) is 0 Å². The number of anilines is 3. The highest BCUT2D eigenvalue weighted by molar-refractivity contribution is 6.28. The molecule has 4 aromatic rings. The predicted molar refractivity (Wildman–Crippen MR) is 114 cm³/mol. The van der Waals surface area contributed by atoms with Gasteiger partial charge in [0, 0.05) is 29.9 Å². The Morgan fingerprint density at radius 3 is 2.45 bits per heavy atom. The van der Waals surface area contributed by atoms with E-state index in [0.717, 1.165) is 59.5 Å². The van der Waals surface area contributed by atoms with Crippen molar-refractivity contribution in [2.24, 2.45) is 0 Å². The Bertz CT molecular complexity index is 1250. The third-order valence-electron chi connectivity index (χ3n) is 5.88. The number of rotatable bonds is 3. The first-order chi connectivity index (χ1) is 14.3. The molecule has 0 amide bonds. The minimum atomic E-state index is 0.00713. The van der Waals surface area contributed by atoms with Crippen molar-refractivity contribution in [3.05, 3.63) is 71.8 Å². The van der Waals surface area contributed by atoms with Gasteiger partial charge in [-0.05, 0) is 31.0 Å². The SMILES string of the molecule is O=C1c2ccccc2-c2onc3c(N4CCCC4)cc(Nc4ccccc4)c1c23. The minimum Gasteiger partial charge on any atom is -0.370 e. The molecule has 0 radical (unpaired) electrons. The Hall–Kier alpha value is -3.60. The Labute approximate surface area is 167 Å². The molecule has 29 heavy (non-hydrogen) atoms. The molecular formula is C24H19N3O2. The van der Waals surface area contributed by atoms with Crippen LogP contribution in [0.1, 0.15) is 28.8 Å². The zero-order chi connectivity index (χ0) is 19.4. The highest BCUT2D eigenvalue weighted by atomic mass is 16.5. The van der Waals surface area contributed by atoms with Gasteiger partial charge in [0.2, 0.25) is 0 Å². The van der Waals surface area contributed by atoms with E-state index in [9.17, 15) is 4.79 Å². The van der Waals surface area contributed by atoms with Gasteiger partial charge in [0.05, 0.1) is 22.3 Å². The van der Waals surface area contributed by atoms with Gasteiger partial charge >= 0.3 is 0 Å². The quantitative estimate of drug-likeness (QED) is 0.454. The maximum absolute atomic E-state index is 13.5. The minimum absolute atomic E-state index is 0.00713. The third kappa shape index (κ3) is 2.40. The highest BCUT2D eigenvalue weighted by Gasteiger charge is 2.33. The van der Waals surface area contributed by atoms with E-state index in [1.807, 2.05) is 54.6 Å². The van der Waals surface area contributed by atoms with E-state index < -0.39 is 0 Å². The number of ketones is 1. The molecule has 1 fully saturated rings. The molecule has 0 atom stereocenters. The van der Waals surface area contributed by atoms with Gasteiger partial charge < -0.3 is 14.7 Å². The molecule has 5 heteroatoms. The van der Waals surface area contributed by atoms with Gasteiger partial charge in [0.15, 0.2) is 11.5 Å². The van der Waals surface area contributed by atoms with Crippen molar-refractivity contribution in [3.63, 3.8) is 0 Å². The largest absolute Gasteiger partial charge is 0.370 e. The number of carbonyl (C=O) groups is 1. The van der Waals surface area contributed by atoms with Crippen LogP contribution in [0.3, 0.4) is 0 Å². The second kappa shape index (κ2) is 6.21. The fourth-order valence-corrected chi connectivity index (χ4v) is 4.52. The summed E-state index contributed by atoms with van der Waals surface area (Å²) in [7, 11) is 0. The molecule has 2 heterocycles. The molecule has 5 nitrogen and oxygen atoms in total. The first-order valence-corrected chi connectivity index (χ1v) is 9.99. The maximum atomic E-state index is 13.5. The van der Waals surface area contributed by atoms with Crippen LogP contribution in [0.5, 0.6) is 0 Å². The van der Waals surface area contributed by atoms with E-state index in [-0.39, 0.29) is 5.78 Å². The van der Waals surface area contributed by atoms with Gasteiger partial charge in [-0.2, -0.15) is 0 Å². The van der Waals surface area contributed by atoms with E-state index in [1.54, 1.807) is 0 Å². The van der Waals surface area contributed by atoms with E-state index in [2.05, 4.69) is 21.4 Å². The molecule has 0 bridgehead atoms. The van der Waals surface area contributed by atoms with Crippen LogP contribution in [0.2, 0.25) is 0 Å². The van der Waals surface area contributed by atoms with Crippen LogP contribution < -0.4 is 10.2 Å². The predicted octanol–water partition coefficient (Wildman–Crippen LogP) is 5.38. The van der Waals surface area contributed by atoms with E-state index in [1.165, 1.54) is 0 Å². The molecule has 142 valence electrons. The Balaban J connectivity index is 1.65. The van der Waals surface area contributed by atoms with E-state index in [4.69, 9.17) is 4.52 Å². The molecule has 3 aromatic carbocycles. The van der Waals surface area contributed by atoms with Crippen LogP contribution in [0.15, 0.2) is 65.2 Å². The van der Waals surface area contributed by atoms with E-state index in [0.29, 0.717) is 16.9 Å². The number of nitrogens with one attached hydrogen (secondary N) is 1. The van der Waals surface area contributed by atoms with Crippen molar-refractivity contribution in [3.8, 4) is 11.3 Å². The van der Waals surface area contributed by atoms with Crippen LogP contribution in [0, 0.1) is 0 Å². The first-order valence-electron chi connectivity index (χ1n) is 9.99. The Kier molecular flexibility index (Phi) is 3.50. The summed E-state index contributed by atoms with van der Waals surface area (Å²) in [5, 5.41) is 8.71. The third-order valence-corrected chi connectivity index (χ3v) is 5.88. The van der Waals surface area contributed by atoms with Crippen LogP contribution in [-0.4, -0.2) is 24.0 Å². The molecular weight excluding hydrogens is 362 g/mol. The Morgan fingerprint density at radius 2 is 1.66 bits per heavy atom. The van der Waals surface area contributed by atoms with Gasteiger partial charge in [-0.3, -0.25) is 4.79 Å². The summed E-state index contributed by atoms with van der Waals surface area (Å²) < 4.78 is 5.82. The second-order valence-corrected chi connectivity index (χ2v) is 7.61. The highest BCUT2D eigenvalue weighted by Crippen LogP contribution is 2.46. The zero-order valence-corrected chi connectivity index (χ0v) is 15.8. The molecule has 0 unspecified atom stereocenters. The summed E-state index contributed by atoms with van der Waals surface area (Å²) in [6.45, 7) is 1.98. The van der Waals surface area contributed by atoms with Crippen molar-refractivity contribution in [2.75, 3.05) is 23.3 Å². The average molecular weight is 381 g/mol. The normalized spacial score (nSPS) is 15.0. The lowest BCUT2D eigenvalue weighted by molar-refractivity contribution is 0.104. The maximum Gasteiger partial charge on any atom is 0.196 e. The molecule has 2 aliphatic rings. The van der Waals surface area contributed by atoms with Gasteiger partial charge in [-0.1, -0.05) is 47.6 Å². The van der Waals surface area contributed by atoms with E-state index >= 15 is 0 Å². The molecule has 6 rings (SSSR count). The number of hydrogen-bond donors (Lipinski definition) is 1. The summed E-state index contributed by atoms with van der Waals surface area (Å²) in [4.78, 5) is 15.9. The summed E-state index contributed by atoms with van der Waals surface area (Å²) in [5.74, 6) is 0.690. The number of carbonyl (C=O) groups excluding carboxylic acids is 1. The Morgan fingerprint density at radius 1 is 0.931 bits per heavy atom. The van der Waals surface area contributed by atoms with Crippen LogP contribution in [0.4, 0.5) is 17.1 Å². The lowest BCUT2D eigenvalue weighted by Gasteiger charge is -2.23. The van der Waals surface area contributed by atoms with Crippen molar-refractivity contribution in [2.45, 2.75) is 12.8 Å². The number of aromatic nitrogens is 1. The number of benzene rings is 3. The molecule has 1 aromatic heterocycles. The van der Waals surface area contributed by atoms with Gasteiger partial charge in [0.25, 0.3) is 0 Å².